The van der Waals surface area contributed by atoms with Crippen LogP contribution in [0.4, 0.5) is 0 Å². The molecule has 0 bridgehead atoms. The lowest BCUT2D eigenvalue weighted by Crippen LogP contribution is -2.32. The second-order valence-corrected chi connectivity index (χ2v) is 7.09. The van der Waals surface area contributed by atoms with Crippen LogP contribution in [0.2, 0.25) is 0 Å². The SMILES string of the molecule is CCc1nsc(SC2CC(C)CCC2C(=O)O)n1. The molecule has 1 aromatic rings. The number of nitrogens with zero attached hydrogens (tertiary/aromatic N) is 2. The summed E-state index contributed by atoms with van der Waals surface area (Å²) in [6.07, 6.45) is 3.60. The summed E-state index contributed by atoms with van der Waals surface area (Å²) in [6.45, 7) is 4.22. The summed E-state index contributed by atoms with van der Waals surface area (Å²) < 4.78 is 5.17. The third kappa shape index (κ3) is 3.23. The Labute approximate surface area is 115 Å². The van der Waals surface area contributed by atoms with Crippen molar-refractivity contribution in [1.29, 1.82) is 0 Å². The van der Waals surface area contributed by atoms with E-state index in [1.807, 2.05) is 6.92 Å². The average Bonchev–Trinajstić information content (AvgIpc) is 2.76. The summed E-state index contributed by atoms with van der Waals surface area (Å²) in [5.41, 5.74) is 0. The van der Waals surface area contributed by atoms with Gasteiger partial charge in [0.25, 0.3) is 0 Å². The summed E-state index contributed by atoms with van der Waals surface area (Å²) in [5, 5.41) is 9.42. The van der Waals surface area contributed by atoms with Crippen molar-refractivity contribution in [2.75, 3.05) is 0 Å². The van der Waals surface area contributed by atoms with Crippen molar-refractivity contribution in [2.45, 2.75) is 49.1 Å². The number of aliphatic carboxylic acids is 1. The highest BCUT2D eigenvalue weighted by atomic mass is 32.2. The van der Waals surface area contributed by atoms with Crippen molar-refractivity contribution in [1.82, 2.24) is 9.36 Å². The highest BCUT2D eigenvalue weighted by molar-refractivity contribution is 8.01. The largest absolute Gasteiger partial charge is 0.481 e. The molecule has 1 aliphatic rings. The van der Waals surface area contributed by atoms with E-state index in [4.69, 9.17) is 0 Å². The lowest BCUT2D eigenvalue weighted by atomic mass is 9.82. The topological polar surface area (TPSA) is 63.1 Å². The fourth-order valence-electron chi connectivity index (χ4n) is 2.30. The van der Waals surface area contributed by atoms with E-state index in [0.29, 0.717) is 5.92 Å². The Balaban J connectivity index is 2.06. The molecule has 1 N–H and O–H groups in total. The van der Waals surface area contributed by atoms with Gasteiger partial charge in [-0.1, -0.05) is 25.6 Å². The van der Waals surface area contributed by atoms with E-state index >= 15 is 0 Å². The summed E-state index contributed by atoms with van der Waals surface area (Å²) in [7, 11) is 0. The second-order valence-electron chi connectivity index (χ2n) is 4.85. The van der Waals surface area contributed by atoms with Crippen LogP contribution in [0.3, 0.4) is 0 Å². The maximum absolute atomic E-state index is 11.3. The zero-order valence-corrected chi connectivity index (χ0v) is 12.3. The van der Waals surface area contributed by atoms with Gasteiger partial charge in [0.1, 0.15) is 5.82 Å². The normalized spacial score (nSPS) is 28.2. The van der Waals surface area contributed by atoms with E-state index in [0.717, 1.165) is 35.8 Å². The van der Waals surface area contributed by atoms with Gasteiger partial charge in [-0.15, -0.1) is 0 Å². The van der Waals surface area contributed by atoms with Gasteiger partial charge in [-0.3, -0.25) is 4.79 Å². The summed E-state index contributed by atoms with van der Waals surface area (Å²) >= 11 is 3.00. The zero-order valence-electron chi connectivity index (χ0n) is 10.6. The molecule has 4 nitrogen and oxygen atoms in total. The van der Waals surface area contributed by atoms with Crippen molar-refractivity contribution in [3.8, 4) is 0 Å². The van der Waals surface area contributed by atoms with E-state index in [9.17, 15) is 9.90 Å². The number of carboxylic acid groups (broad SMARTS) is 1. The Morgan fingerprint density at radius 2 is 2.33 bits per heavy atom. The van der Waals surface area contributed by atoms with E-state index in [1.165, 1.54) is 11.5 Å². The van der Waals surface area contributed by atoms with Crippen molar-refractivity contribution in [3.05, 3.63) is 5.82 Å². The fourth-order valence-corrected chi connectivity index (χ4v) is 4.71. The smallest absolute Gasteiger partial charge is 0.307 e. The number of aromatic nitrogens is 2. The van der Waals surface area contributed by atoms with Gasteiger partial charge in [-0.2, -0.15) is 4.37 Å². The maximum atomic E-state index is 11.3. The van der Waals surface area contributed by atoms with Crippen LogP contribution >= 0.6 is 23.3 Å². The van der Waals surface area contributed by atoms with Gasteiger partial charge in [0.15, 0.2) is 4.34 Å². The number of rotatable bonds is 4. The van der Waals surface area contributed by atoms with Crippen molar-refractivity contribution < 1.29 is 9.90 Å². The lowest BCUT2D eigenvalue weighted by molar-refractivity contribution is -0.142. The molecule has 0 spiro atoms. The number of carboxylic acids is 1. The third-order valence-corrected chi connectivity index (χ3v) is 5.57. The highest BCUT2D eigenvalue weighted by Gasteiger charge is 2.34. The molecule has 0 aromatic carbocycles. The first-order chi connectivity index (χ1) is 8.60. The van der Waals surface area contributed by atoms with E-state index in [-0.39, 0.29) is 11.2 Å². The Hall–Kier alpha value is -0.620. The molecule has 1 heterocycles. The van der Waals surface area contributed by atoms with Crippen LogP contribution < -0.4 is 0 Å². The molecule has 0 aliphatic heterocycles. The van der Waals surface area contributed by atoms with Crippen LogP contribution in [0.5, 0.6) is 0 Å². The highest BCUT2D eigenvalue weighted by Crippen LogP contribution is 2.40. The molecule has 3 atom stereocenters. The standard InChI is InChI=1S/C12H18N2O2S2/c1-3-10-13-12(18-14-10)17-9-6-7(2)4-5-8(9)11(15)16/h7-9H,3-6H2,1-2H3,(H,15,16). The van der Waals surface area contributed by atoms with Crippen LogP contribution in [0.15, 0.2) is 4.34 Å². The minimum Gasteiger partial charge on any atom is -0.481 e. The first kappa shape index (κ1) is 13.8. The molecule has 3 unspecified atom stereocenters. The van der Waals surface area contributed by atoms with Gasteiger partial charge in [0.05, 0.1) is 5.92 Å². The predicted molar refractivity (Wildman–Crippen MR) is 73.1 cm³/mol. The van der Waals surface area contributed by atoms with Crippen LogP contribution in [0.1, 0.15) is 38.9 Å². The first-order valence-corrected chi connectivity index (χ1v) is 7.97. The number of hydrogen-bond donors (Lipinski definition) is 1. The van der Waals surface area contributed by atoms with E-state index in [2.05, 4.69) is 16.3 Å². The third-order valence-electron chi connectivity index (χ3n) is 3.39. The van der Waals surface area contributed by atoms with Gasteiger partial charge in [-0.05, 0) is 36.7 Å². The Morgan fingerprint density at radius 3 is 2.94 bits per heavy atom. The minimum atomic E-state index is -0.667. The van der Waals surface area contributed by atoms with Crippen molar-refractivity contribution in [3.63, 3.8) is 0 Å². The molecule has 1 aliphatic carbocycles. The molecule has 0 amide bonds. The summed E-state index contributed by atoms with van der Waals surface area (Å²) in [5.74, 6) is 0.565. The number of aryl methyl sites for hydroxylation is 1. The Bertz CT molecular complexity index is 422. The van der Waals surface area contributed by atoms with Crippen molar-refractivity contribution in [2.24, 2.45) is 11.8 Å². The molecule has 6 heteroatoms. The van der Waals surface area contributed by atoms with Gasteiger partial charge < -0.3 is 5.11 Å². The molecule has 1 saturated carbocycles. The molecule has 100 valence electrons. The van der Waals surface area contributed by atoms with Crippen LogP contribution in [0.25, 0.3) is 0 Å². The van der Waals surface area contributed by atoms with Crippen LogP contribution in [-0.4, -0.2) is 25.7 Å². The molecule has 18 heavy (non-hydrogen) atoms. The Kier molecular flexibility index (Phi) is 4.61. The van der Waals surface area contributed by atoms with E-state index in [1.54, 1.807) is 11.8 Å². The summed E-state index contributed by atoms with van der Waals surface area (Å²) in [4.78, 5) is 15.7. The maximum Gasteiger partial charge on any atom is 0.307 e. The Morgan fingerprint density at radius 1 is 1.56 bits per heavy atom. The molecule has 1 fully saturated rings. The van der Waals surface area contributed by atoms with Gasteiger partial charge in [0.2, 0.25) is 0 Å². The lowest BCUT2D eigenvalue weighted by Gasteiger charge is -2.31. The zero-order chi connectivity index (χ0) is 13.1. The fraction of sp³-hybridized carbons (Fsp3) is 0.750. The van der Waals surface area contributed by atoms with Crippen LogP contribution in [-0.2, 0) is 11.2 Å². The van der Waals surface area contributed by atoms with Gasteiger partial charge in [-0.25, -0.2) is 4.98 Å². The molecular formula is C12H18N2O2S2. The molecular weight excluding hydrogens is 268 g/mol. The van der Waals surface area contributed by atoms with E-state index < -0.39 is 5.97 Å². The second kappa shape index (κ2) is 6.02. The number of hydrogen-bond acceptors (Lipinski definition) is 5. The molecule has 1 aromatic heterocycles. The van der Waals surface area contributed by atoms with Crippen LogP contribution in [0, 0.1) is 11.8 Å². The minimum absolute atomic E-state index is 0.143. The summed E-state index contributed by atoms with van der Waals surface area (Å²) in [6, 6.07) is 0. The number of carbonyl (C=O) groups is 1. The average molecular weight is 286 g/mol. The van der Waals surface area contributed by atoms with Crippen molar-refractivity contribution >= 4 is 29.3 Å². The predicted octanol–water partition coefficient (Wildman–Crippen LogP) is 3.08. The van der Waals surface area contributed by atoms with Gasteiger partial charge in [0, 0.05) is 11.7 Å². The van der Waals surface area contributed by atoms with Gasteiger partial charge >= 0.3 is 5.97 Å². The molecule has 0 saturated heterocycles. The molecule has 2 rings (SSSR count). The monoisotopic (exact) mass is 286 g/mol. The quantitative estimate of drug-likeness (QED) is 0.921. The number of thioether (sulfide) groups is 1. The molecule has 0 radical (unpaired) electrons. The first-order valence-electron chi connectivity index (χ1n) is 6.32.